The van der Waals surface area contributed by atoms with E-state index in [4.69, 9.17) is 9.47 Å². The highest BCUT2D eigenvalue weighted by molar-refractivity contribution is 6.04. The first kappa shape index (κ1) is 19.5. The van der Waals surface area contributed by atoms with Crippen molar-refractivity contribution in [3.05, 3.63) is 48.0 Å². The van der Waals surface area contributed by atoms with Crippen LogP contribution in [0, 0.1) is 0 Å². The van der Waals surface area contributed by atoms with E-state index in [0.717, 1.165) is 6.42 Å². The first-order valence-electron chi connectivity index (χ1n) is 8.29. The molecule has 1 N–H and O–H groups in total. The van der Waals surface area contributed by atoms with Gasteiger partial charge in [0.25, 0.3) is 5.91 Å². The molecular formula is C19H21F2NO4. The van der Waals surface area contributed by atoms with Crippen LogP contribution in [0.3, 0.4) is 0 Å². The van der Waals surface area contributed by atoms with Gasteiger partial charge in [0.2, 0.25) is 0 Å². The third-order valence-electron chi connectivity index (χ3n) is 3.30. The van der Waals surface area contributed by atoms with E-state index in [1.807, 2.05) is 13.8 Å². The number of amides is 1. The van der Waals surface area contributed by atoms with Crippen LogP contribution in [-0.2, 0) is 0 Å². The minimum atomic E-state index is -2.89. The van der Waals surface area contributed by atoms with Crippen LogP contribution in [0.5, 0.6) is 17.2 Å². The summed E-state index contributed by atoms with van der Waals surface area (Å²) in [5.41, 5.74) is 0.853. The predicted octanol–water partition coefficient (Wildman–Crippen LogP) is 4.73. The largest absolute Gasteiger partial charge is 0.490 e. The summed E-state index contributed by atoms with van der Waals surface area (Å²) >= 11 is 0. The molecule has 0 aliphatic heterocycles. The Hall–Kier alpha value is -2.83. The smallest absolute Gasteiger partial charge is 0.387 e. The molecule has 0 atom stereocenters. The average molecular weight is 365 g/mol. The van der Waals surface area contributed by atoms with Gasteiger partial charge in [0, 0.05) is 11.3 Å². The number of hydrogen-bond acceptors (Lipinski definition) is 4. The minimum absolute atomic E-state index is 0.0223. The summed E-state index contributed by atoms with van der Waals surface area (Å²) in [7, 11) is 0. The van der Waals surface area contributed by atoms with Crippen LogP contribution >= 0.6 is 0 Å². The summed E-state index contributed by atoms with van der Waals surface area (Å²) in [4.78, 5) is 12.4. The van der Waals surface area contributed by atoms with E-state index in [9.17, 15) is 13.6 Å². The van der Waals surface area contributed by atoms with Gasteiger partial charge in [0.15, 0.2) is 11.5 Å². The zero-order valence-corrected chi connectivity index (χ0v) is 14.6. The van der Waals surface area contributed by atoms with E-state index in [0.29, 0.717) is 36.0 Å². The van der Waals surface area contributed by atoms with Crippen LogP contribution in [0.2, 0.25) is 0 Å². The van der Waals surface area contributed by atoms with Gasteiger partial charge in [-0.05, 0) is 55.8 Å². The van der Waals surface area contributed by atoms with Crippen LogP contribution in [0.25, 0.3) is 0 Å². The van der Waals surface area contributed by atoms with E-state index in [1.165, 1.54) is 24.3 Å². The van der Waals surface area contributed by atoms with Gasteiger partial charge in [0.1, 0.15) is 5.75 Å². The second kappa shape index (κ2) is 9.60. The average Bonchev–Trinajstić information content (AvgIpc) is 2.62. The second-order valence-electron chi connectivity index (χ2n) is 5.30. The second-order valence-corrected chi connectivity index (χ2v) is 5.30. The normalized spacial score (nSPS) is 10.5. The summed E-state index contributed by atoms with van der Waals surface area (Å²) in [5.74, 6) is 0.748. The highest BCUT2D eigenvalue weighted by Crippen LogP contribution is 2.29. The molecule has 0 radical (unpaired) electrons. The lowest BCUT2D eigenvalue weighted by Crippen LogP contribution is -2.12. The monoisotopic (exact) mass is 365 g/mol. The van der Waals surface area contributed by atoms with Crippen LogP contribution in [0.1, 0.15) is 30.6 Å². The van der Waals surface area contributed by atoms with Gasteiger partial charge in [-0.15, -0.1) is 0 Å². The molecular weight excluding hydrogens is 344 g/mol. The number of carbonyl (C=O) groups is 1. The number of rotatable bonds is 9. The van der Waals surface area contributed by atoms with Crippen molar-refractivity contribution in [2.45, 2.75) is 26.9 Å². The highest BCUT2D eigenvalue weighted by atomic mass is 19.3. The first-order valence-corrected chi connectivity index (χ1v) is 8.29. The zero-order chi connectivity index (χ0) is 18.9. The van der Waals surface area contributed by atoms with E-state index in [1.54, 1.807) is 18.2 Å². The molecule has 26 heavy (non-hydrogen) atoms. The molecule has 2 rings (SSSR count). The molecule has 0 unspecified atom stereocenters. The Morgan fingerprint density at radius 1 is 1.04 bits per heavy atom. The van der Waals surface area contributed by atoms with Crippen LogP contribution in [0.4, 0.5) is 14.5 Å². The fourth-order valence-corrected chi connectivity index (χ4v) is 2.17. The third-order valence-corrected chi connectivity index (χ3v) is 3.30. The molecule has 0 saturated carbocycles. The molecule has 0 aliphatic rings. The summed E-state index contributed by atoms with van der Waals surface area (Å²) in [5, 5.41) is 2.69. The van der Waals surface area contributed by atoms with E-state index in [2.05, 4.69) is 10.1 Å². The lowest BCUT2D eigenvalue weighted by atomic mass is 10.1. The molecule has 0 saturated heterocycles. The molecule has 140 valence electrons. The number of alkyl halides is 2. The number of halogens is 2. The standard InChI is InChI=1S/C19H21F2NO4/c1-3-11-25-16-10-5-13(12-17(16)24-4-2)18(23)22-14-6-8-15(9-7-14)26-19(20)21/h5-10,12,19H,3-4,11H2,1-2H3,(H,22,23). The van der Waals surface area contributed by atoms with Gasteiger partial charge in [-0.3, -0.25) is 4.79 Å². The Morgan fingerprint density at radius 3 is 2.38 bits per heavy atom. The van der Waals surface area contributed by atoms with E-state index < -0.39 is 6.61 Å². The van der Waals surface area contributed by atoms with Crippen molar-refractivity contribution in [3.8, 4) is 17.2 Å². The number of nitrogens with one attached hydrogen (secondary N) is 1. The van der Waals surface area contributed by atoms with Crippen molar-refractivity contribution in [3.63, 3.8) is 0 Å². The van der Waals surface area contributed by atoms with Crippen LogP contribution in [-0.4, -0.2) is 25.7 Å². The molecule has 2 aromatic rings. The lowest BCUT2D eigenvalue weighted by molar-refractivity contribution is -0.0498. The Morgan fingerprint density at radius 2 is 1.77 bits per heavy atom. The molecule has 1 amide bonds. The lowest BCUT2D eigenvalue weighted by Gasteiger charge is -2.13. The van der Waals surface area contributed by atoms with Gasteiger partial charge in [-0.25, -0.2) is 0 Å². The molecule has 2 aromatic carbocycles. The fourth-order valence-electron chi connectivity index (χ4n) is 2.17. The molecule has 5 nitrogen and oxygen atoms in total. The topological polar surface area (TPSA) is 56.8 Å². The SMILES string of the molecule is CCCOc1ccc(C(=O)Nc2ccc(OC(F)F)cc2)cc1OCC. The van der Waals surface area contributed by atoms with Gasteiger partial charge in [0.05, 0.1) is 13.2 Å². The van der Waals surface area contributed by atoms with E-state index >= 15 is 0 Å². The van der Waals surface area contributed by atoms with Gasteiger partial charge < -0.3 is 19.5 Å². The molecule has 7 heteroatoms. The summed E-state index contributed by atoms with van der Waals surface area (Å²) < 4.78 is 39.7. The number of hydrogen-bond donors (Lipinski definition) is 1. The minimum Gasteiger partial charge on any atom is -0.490 e. The Bertz CT molecular complexity index is 720. The fraction of sp³-hybridized carbons (Fsp3) is 0.316. The summed E-state index contributed by atoms with van der Waals surface area (Å²) in [6, 6.07) is 10.6. The molecule has 0 fully saturated rings. The summed E-state index contributed by atoms with van der Waals surface area (Å²) in [6.07, 6.45) is 0.860. The quantitative estimate of drug-likeness (QED) is 0.698. The zero-order valence-electron chi connectivity index (χ0n) is 14.6. The Kier molecular flexibility index (Phi) is 7.20. The number of anilines is 1. The van der Waals surface area contributed by atoms with Crippen molar-refractivity contribution in [1.82, 2.24) is 0 Å². The maximum absolute atomic E-state index is 12.4. The van der Waals surface area contributed by atoms with Crippen LogP contribution in [0.15, 0.2) is 42.5 Å². The van der Waals surface area contributed by atoms with Gasteiger partial charge >= 0.3 is 6.61 Å². The number of benzene rings is 2. The summed E-state index contributed by atoms with van der Waals surface area (Å²) in [6.45, 7) is 1.96. The maximum atomic E-state index is 12.4. The molecule has 0 heterocycles. The van der Waals surface area contributed by atoms with E-state index in [-0.39, 0.29) is 11.7 Å². The molecule has 0 aliphatic carbocycles. The molecule has 0 aromatic heterocycles. The predicted molar refractivity (Wildman–Crippen MR) is 94.4 cm³/mol. The maximum Gasteiger partial charge on any atom is 0.387 e. The van der Waals surface area contributed by atoms with Crippen LogP contribution < -0.4 is 19.5 Å². The third kappa shape index (κ3) is 5.61. The van der Waals surface area contributed by atoms with Crippen molar-refractivity contribution in [2.24, 2.45) is 0 Å². The van der Waals surface area contributed by atoms with Gasteiger partial charge in [-0.2, -0.15) is 8.78 Å². The Balaban J connectivity index is 2.09. The highest BCUT2D eigenvalue weighted by Gasteiger charge is 2.12. The van der Waals surface area contributed by atoms with Crippen molar-refractivity contribution >= 4 is 11.6 Å². The van der Waals surface area contributed by atoms with Crippen molar-refractivity contribution < 1.29 is 27.8 Å². The number of carbonyl (C=O) groups excluding carboxylic acids is 1. The molecule has 0 bridgehead atoms. The number of ether oxygens (including phenoxy) is 3. The van der Waals surface area contributed by atoms with Gasteiger partial charge in [-0.1, -0.05) is 6.92 Å². The first-order chi connectivity index (χ1) is 12.5. The molecule has 0 spiro atoms. The van der Waals surface area contributed by atoms with Crippen molar-refractivity contribution in [2.75, 3.05) is 18.5 Å². The Labute approximate surface area is 150 Å². The van der Waals surface area contributed by atoms with Crippen molar-refractivity contribution in [1.29, 1.82) is 0 Å².